The monoisotopic (exact) mass is 464 g/mol. The molecule has 0 aromatic heterocycles. The average molecular weight is 465 g/mol. The van der Waals surface area contributed by atoms with Gasteiger partial charge in [-0.25, -0.2) is 12.8 Å². The summed E-state index contributed by atoms with van der Waals surface area (Å²) in [5.74, 6) is -2.53. The third-order valence-corrected chi connectivity index (χ3v) is 8.53. The van der Waals surface area contributed by atoms with Gasteiger partial charge in [0.05, 0.1) is 12.2 Å². The summed E-state index contributed by atoms with van der Waals surface area (Å²) in [5, 5.41) is 0. The van der Waals surface area contributed by atoms with E-state index in [4.69, 9.17) is 0 Å². The maximum Gasteiger partial charge on any atom is 0.274 e. The number of rotatable bonds is 3. The van der Waals surface area contributed by atoms with E-state index in [1.165, 1.54) is 17.0 Å². The summed E-state index contributed by atoms with van der Waals surface area (Å²) < 4.78 is 40.6. The molecule has 1 saturated heterocycles. The molecule has 2 heterocycles. The second-order valence-electron chi connectivity index (χ2n) is 8.44. The number of benzene rings is 3. The predicted molar refractivity (Wildman–Crippen MR) is 123 cm³/mol. The second-order valence-corrected chi connectivity index (χ2v) is 10.5. The molecule has 0 N–H and O–H groups in total. The summed E-state index contributed by atoms with van der Waals surface area (Å²) in [6, 6.07) is 17.5. The van der Waals surface area contributed by atoms with Gasteiger partial charge in [-0.05, 0) is 60.9 Å². The SMILES string of the molecule is Cc1ccc(N2C(=O)CS(=O)(=O)[C@@]23C(=O)N(Cc2ccc(F)cc2)c2ccccc23)cc1C. The van der Waals surface area contributed by atoms with Crippen LogP contribution in [0.25, 0.3) is 0 Å². The van der Waals surface area contributed by atoms with E-state index < -0.39 is 38.1 Å². The number of carbonyl (C=O) groups is 2. The van der Waals surface area contributed by atoms with Crippen molar-refractivity contribution in [2.24, 2.45) is 0 Å². The molecule has 33 heavy (non-hydrogen) atoms. The molecular weight excluding hydrogens is 443 g/mol. The highest BCUT2D eigenvalue weighted by atomic mass is 32.2. The van der Waals surface area contributed by atoms with E-state index in [1.54, 1.807) is 54.6 Å². The Hall–Kier alpha value is -3.52. The normalized spacial score (nSPS) is 21.2. The van der Waals surface area contributed by atoms with Gasteiger partial charge in [0.25, 0.3) is 10.8 Å². The van der Waals surface area contributed by atoms with Crippen LogP contribution >= 0.6 is 0 Å². The van der Waals surface area contributed by atoms with Crippen LogP contribution in [0.1, 0.15) is 22.3 Å². The Bertz CT molecular complexity index is 1420. The summed E-state index contributed by atoms with van der Waals surface area (Å²) in [6.45, 7) is 3.83. The van der Waals surface area contributed by atoms with E-state index >= 15 is 0 Å². The van der Waals surface area contributed by atoms with Crippen molar-refractivity contribution >= 4 is 33.0 Å². The Kier molecular flexibility index (Phi) is 4.68. The molecule has 3 aromatic carbocycles. The fourth-order valence-electron chi connectivity index (χ4n) is 4.69. The Morgan fingerprint density at radius 3 is 2.33 bits per heavy atom. The lowest BCUT2D eigenvalue weighted by Gasteiger charge is -2.33. The zero-order valence-corrected chi connectivity index (χ0v) is 18.9. The van der Waals surface area contributed by atoms with E-state index in [0.29, 0.717) is 16.9 Å². The zero-order valence-electron chi connectivity index (χ0n) is 18.1. The average Bonchev–Trinajstić information content (AvgIpc) is 3.14. The maximum absolute atomic E-state index is 14.0. The molecule has 6 nitrogen and oxygen atoms in total. The number of sulfone groups is 1. The molecule has 8 heteroatoms. The molecule has 1 atom stereocenters. The first kappa shape index (κ1) is 21.3. The van der Waals surface area contributed by atoms with Crippen molar-refractivity contribution in [2.75, 3.05) is 15.6 Å². The number of fused-ring (bicyclic) bond motifs is 2. The summed E-state index contributed by atoms with van der Waals surface area (Å²) in [5.41, 5.74) is 3.52. The lowest BCUT2D eigenvalue weighted by molar-refractivity contribution is -0.123. The smallest absolute Gasteiger partial charge is 0.274 e. The van der Waals surface area contributed by atoms with Crippen molar-refractivity contribution in [3.63, 3.8) is 0 Å². The van der Waals surface area contributed by atoms with E-state index in [-0.39, 0.29) is 12.1 Å². The lowest BCUT2D eigenvalue weighted by atomic mass is 10.0. The Morgan fingerprint density at radius 2 is 1.64 bits per heavy atom. The highest BCUT2D eigenvalue weighted by molar-refractivity contribution is 7.94. The van der Waals surface area contributed by atoms with Gasteiger partial charge < -0.3 is 4.90 Å². The minimum Gasteiger partial charge on any atom is -0.304 e. The molecule has 0 saturated carbocycles. The fourth-order valence-corrected chi connectivity index (χ4v) is 6.72. The number of carbonyl (C=O) groups excluding carboxylic acids is 2. The Balaban J connectivity index is 1.73. The third kappa shape index (κ3) is 2.94. The molecule has 1 fully saturated rings. The quantitative estimate of drug-likeness (QED) is 0.594. The van der Waals surface area contributed by atoms with Crippen LogP contribution in [0.15, 0.2) is 66.7 Å². The standard InChI is InChI=1S/C25H21FN2O4S/c1-16-7-12-20(13-17(16)2)28-23(29)15-33(31,32)25(28)21-5-3-4-6-22(21)27(24(25)30)14-18-8-10-19(26)11-9-18/h3-13H,14-15H2,1-2H3/t25-/m0/s1. The first-order valence-corrected chi connectivity index (χ1v) is 12.1. The molecule has 0 unspecified atom stereocenters. The van der Waals surface area contributed by atoms with Gasteiger partial charge in [0.15, 0.2) is 9.84 Å². The summed E-state index contributed by atoms with van der Waals surface area (Å²) in [6.07, 6.45) is 0. The third-order valence-electron chi connectivity index (χ3n) is 6.43. The molecular formula is C25H21FN2O4S. The molecule has 0 aliphatic carbocycles. The molecule has 2 aliphatic heterocycles. The van der Waals surface area contributed by atoms with Gasteiger partial charge in [-0.3, -0.25) is 14.5 Å². The van der Waals surface area contributed by atoms with Gasteiger partial charge >= 0.3 is 0 Å². The van der Waals surface area contributed by atoms with Crippen LogP contribution in [-0.2, 0) is 30.8 Å². The van der Waals surface area contributed by atoms with E-state index in [0.717, 1.165) is 16.0 Å². The van der Waals surface area contributed by atoms with Crippen molar-refractivity contribution in [1.82, 2.24) is 0 Å². The van der Waals surface area contributed by atoms with E-state index in [9.17, 15) is 22.4 Å². The lowest BCUT2D eigenvalue weighted by Crippen LogP contribution is -2.54. The topological polar surface area (TPSA) is 74.8 Å². The number of amides is 2. The molecule has 3 aromatic rings. The maximum atomic E-state index is 14.0. The van der Waals surface area contributed by atoms with Crippen molar-refractivity contribution in [1.29, 1.82) is 0 Å². The van der Waals surface area contributed by atoms with Crippen LogP contribution in [0.3, 0.4) is 0 Å². The van der Waals surface area contributed by atoms with Crippen LogP contribution in [-0.4, -0.2) is 26.0 Å². The van der Waals surface area contributed by atoms with Crippen LogP contribution < -0.4 is 9.80 Å². The first-order chi connectivity index (χ1) is 15.7. The summed E-state index contributed by atoms with van der Waals surface area (Å²) in [7, 11) is -4.23. The number of nitrogens with zero attached hydrogens (tertiary/aromatic N) is 2. The molecule has 1 spiro atoms. The predicted octanol–water partition coefficient (Wildman–Crippen LogP) is 3.60. The van der Waals surface area contributed by atoms with E-state index in [1.807, 2.05) is 13.8 Å². The van der Waals surface area contributed by atoms with Gasteiger partial charge in [-0.2, -0.15) is 0 Å². The van der Waals surface area contributed by atoms with Crippen LogP contribution in [0.2, 0.25) is 0 Å². The molecule has 2 aliphatic rings. The number of para-hydroxylation sites is 1. The van der Waals surface area contributed by atoms with Crippen molar-refractivity contribution in [3.05, 3.63) is 94.8 Å². The minimum absolute atomic E-state index is 0.0440. The van der Waals surface area contributed by atoms with Crippen LogP contribution in [0, 0.1) is 19.7 Å². The van der Waals surface area contributed by atoms with Gasteiger partial charge in [-0.15, -0.1) is 0 Å². The molecule has 2 amide bonds. The number of hydrogen-bond acceptors (Lipinski definition) is 4. The second kappa shape index (κ2) is 7.25. The van der Waals surface area contributed by atoms with Gasteiger partial charge in [-0.1, -0.05) is 36.4 Å². The molecule has 0 bridgehead atoms. The number of anilines is 2. The van der Waals surface area contributed by atoms with Gasteiger partial charge in [0.1, 0.15) is 11.6 Å². The molecule has 168 valence electrons. The van der Waals surface area contributed by atoms with Crippen molar-refractivity contribution in [2.45, 2.75) is 25.3 Å². The Morgan fingerprint density at radius 1 is 0.939 bits per heavy atom. The Labute approximate surface area is 191 Å². The van der Waals surface area contributed by atoms with Crippen LogP contribution in [0.4, 0.5) is 15.8 Å². The number of hydrogen-bond donors (Lipinski definition) is 0. The van der Waals surface area contributed by atoms with Gasteiger partial charge in [0, 0.05) is 11.3 Å². The van der Waals surface area contributed by atoms with Crippen LogP contribution in [0.5, 0.6) is 0 Å². The minimum atomic E-state index is -4.23. The van der Waals surface area contributed by atoms with Crippen molar-refractivity contribution in [3.8, 4) is 0 Å². The van der Waals surface area contributed by atoms with E-state index in [2.05, 4.69) is 0 Å². The zero-order chi connectivity index (χ0) is 23.5. The molecule has 5 rings (SSSR count). The number of aryl methyl sites for hydroxylation is 2. The highest BCUT2D eigenvalue weighted by Gasteiger charge is 2.69. The molecule has 0 radical (unpaired) electrons. The first-order valence-electron chi connectivity index (χ1n) is 10.5. The van der Waals surface area contributed by atoms with Gasteiger partial charge in [0.2, 0.25) is 5.91 Å². The summed E-state index contributed by atoms with van der Waals surface area (Å²) >= 11 is 0. The summed E-state index contributed by atoms with van der Waals surface area (Å²) in [4.78, 5) is 27.5. The highest BCUT2D eigenvalue weighted by Crippen LogP contribution is 2.52. The number of halogens is 1. The fraction of sp³-hybridized carbons (Fsp3) is 0.200. The van der Waals surface area contributed by atoms with Crippen molar-refractivity contribution < 1.29 is 22.4 Å². The largest absolute Gasteiger partial charge is 0.304 e.